The van der Waals surface area contributed by atoms with Crippen molar-refractivity contribution in [2.75, 3.05) is 7.11 Å². The maximum Gasteiger partial charge on any atom is 0.234 e. The molecule has 0 aliphatic rings. The summed E-state index contributed by atoms with van der Waals surface area (Å²) >= 11 is 0. The lowest BCUT2D eigenvalue weighted by Crippen LogP contribution is -1.88. The molecule has 0 aliphatic heterocycles. The van der Waals surface area contributed by atoms with E-state index >= 15 is 0 Å². The standard InChI is InChI=1S/C10H7BN2O/c1-14-8-2-3-9-7(5-12)6-13(11)10(9)4-8/h2-4,6H,1H3. The summed E-state index contributed by atoms with van der Waals surface area (Å²) in [5.74, 6) is 0.729. The van der Waals surface area contributed by atoms with Crippen LogP contribution in [0.1, 0.15) is 5.56 Å². The highest BCUT2D eigenvalue weighted by Crippen LogP contribution is 2.24. The van der Waals surface area contributed by atoms with Gasteiger partial charge < -0.3 is 9.21 Å². The fraction of sp³-hybridized carbons (Fsp3) is 0.100. The van der Waals surface area contributed by atoms with Crippen LogP contribution in [0.15, 0.2) is 24.4 Å². The minimum Gasteiger partial charge on any atom is -0.497 e. The fourth-order valence-corrected chi connectivity index (χ4v) is 1.45. The molecule has 2 rings (SSSR count). The van der Waals surface area contributed by atoms with Crippen molar-refractivity contribution in [3.05, 3.63) is 30.0 Å². The second kappa shape index (κ2) is 3.11. The van der Waals surface area contributed by atoms with Crippen LogP contribution in [0.5, 0.6) is 5.75 Å². The van der Waals surface area contributed by atoms with Gasteiger partial charge in [0.2, 0.25) is 7.98 Å². The SMILES string of the molecule is [B]n1cc(C#N)c2ccc(OC)cc21. The molecular formula is C10H7BN2O. The minimum absolute atomic E-state index is 0.574. The maximum atomic E-state index is 8.83. The van der Waals surface area contributed by atoms with Crippen molar-refractivity contribution in [1.82, 2.24) is 4.48 Å². The van der Waals surface area contributed by atoms with Crippen molar-refractivity contribution < 1.29 is 4.74 Å². The van der Waals surface area contributed by atoms with Gasteiger partial charge in [-0.05, 0) is 12.1 Å². The monoisotopic (exact) mass is 182 g/mol. The van der Waals surface area contributed by atoms with E-state index < -0.39 is 0 Å². The molecule has 0 bridgehead atoms. The lowest BCUT2D eigenvalue weighted by Gasteiger charge is -2.00. The summed E-state index contributed by atoms with van der Waals surface area (Å²) in [4.78, 5) is 0. The van der Waals surface area contributed by atoms with Gasteiger partial charge in [0.15, 0.2) is 0 Å². The highest BCUT2D eigenvalue weighted by atomic mass is 16.5. The van der Waals surface area contributed by atoms with Crippen molar-refractivity contribution >= 4 is 18.9 Å². The molecule has 2 aromatic rings. The summed E-state index contributed by atoms with van der Waals surface area (Å²) in [5, 5.41) is 9.67. The van der Waals surface area contributed by atoms with E-state index in [1.54, 1.807) is 19.4 Å². The van der Waals surface area contributed by atoms with E-state index in [1.165, 1.54) is 4.48 Å². The van der Waals surface area contributed by atoms with Crippen LogP contribution in [-0.4, -0.2) is 19.6 Å². The third-order valence-corrected chi connectivity index (χ3v) is 2.16. The number of benzene rings is 1. The van der Waals surface area contributed by atoms with Gasteiger partial charge in [-0.25, -0.2) is 0 Å². The van der Waals surface area contributed by atoms with Gasteiger partial charge in [-0.2, -0.15) is 5.26 Å². The van der Waals surface area contributed by atoms with Crippen LogP contribution in [0.4, 0.5) is 0 Å². The summed E-state index contributed by atoms with van der Waals surface area (Å²) < 4.78 is 6.50. The van der Waals surface area contributed by atoms with Gasteiger partial charge in [-0.1, -0.05) is 0 Å². The second-order valence-electron chi connectivity index (χ2n) is 2.94. The smallest absolute Gasteiger partial charge is 0.234 e. The summed E-state index contributed by atoms with van der Waals surface area (Å²) in [6, 6.07) is 7.53. The maximum absolute atomic E-state index is 8.83. The molecule has 4 heteroatoms. The summed E-state index contributed by atoms with van der Waals surface area (Å²) in [6.07, 6.45) is 1.60. The highest BCUT2D eigenvalue weighted by molar-refractivity contribution is 6.12. The van der Waals surface area contributed by atoms with Crippen LogP contribution >= 0.6 is 0 Å². The molecule has 0 unspecified atom stereocenters. The molecule has 3 nitrogen and oxygen atoms in total. The van der Waals surface area contributed by atoms with Crippen LogP contribution in [-0.2, 0) is 0 Å². The molecule has 1 aromatic carbocycles. The number of aromatic nitrogens is 1. The van der Waals surface area contributed by atoms with E-state index in [-0.39, 0.29) is 0 Å². The Hall–Kier alpha value is -1.89. The van der Waals surface area contributed by atoms with Gasteiger partial charge in [0, 0.05) is 23.2 Å². The van der Waals surface area contributed by atoms with Crippen molar-refractivity contribution in [2.24, 2.45) is 0 Å². The number of ether oxygens (including phenoxy) is 1. The zero-order chi connectivity index (χ0) is 10.1. The van der Waals surface area contributed by atoms with Crippen LogP contribution in [0.25, 0.3) is 10.9 Å². The van der Waals surface area contributed by atoms with Crippen molar-refractivity contribution in [2.45, 2.75) is 0 Å². The number of rotatable bonds is 1. The summed E-state index contributed by atoms with van der Waals surface area (Å²) in [7, 11) is 7.28. The minimum atomic E-state index is 0.574. The average Bonchev–Trinajstić information content (AvgIpc) is 2.55. The first-order chi connectivity index (χ1) is 6.76. The Labute approximate surface area is 82.9 Å². The Morgan fingerprint density at radius 1 is 1.50 bits per heavy atom. The molecule has 2 radical (unpaired) electrons. The molecule has 1 heterocycles. The predicted octanol–water partition coefficient (Wildman–Crippen LogP) is 1.45. The van der Waals surface area contributed by atoms with E-state index in [9.17, 15) is 0 Å². The van der Waals surface area contributed by atoms with E-state index in [0.717, 1.165) is 16.7 Å². The molecule has 66 valence electrons. The quantitative estimate of drug-likeness (QED) is 0.626. The Balaban J connectivity index is 2.78. The molecule has 0 saturated heterocycles. The molecule has 0 N–H and O–H groups in total. The topological polar surface area (TPSA) is 38.0 Å². The fourth-order valence-electron chi connectivity index (χ4n) is 1.45. The summed E-state index contributed by atoms with van der Waals surface area (Å²) in [5.41, 5.74) is 1.37. The number of hydrogen-bond donors (Lipinski definition) is 0. The van der Waals surface area contributed by atoms with E-state index in [2.05, 4.69) is 6.07 Å². The molecule has 0 spiro atoms. The molecule has 0 atom stereocenters. The van der Waals surface area contributed by atoms with Crippen LogP contribution < -0.4 is 4.74 Å². The molecule has 0 fully saturated rings. The lowest BCUT2D eigenvalue weighted by atomic mass is 10.2. The molecule has 14 heavy (non-hydrogen) atoms. The van der Waals surface area contributed by atoms with Crippen molar-refractivity contribution in [3.8, 4) is 11.8 Å². The number of hydrogen-bond acceptors (Lipinski definition) is 2. The van der Waals surface area contributed by atoms with E-state index in [0.29, 0.717) is 5.56 Å². The van der Waals surface area contributed by atoms with Gasteiger partial charge >= 0.3 is 0 Å². The molecule has 1 aromatic heterocycles. The average molecular weight is 182 g/mol. The summed E-state index contributed by atoms with van der Waals surface area (Å²) in [6.45, 7) is 0. The van der Waals surface area contributed by atoms with Gasteiger partial charge in [-0.3, -0.25) is 0 Å². The van der Waals surface area contributed by atoms with Crippen LogP contribution in [0.3, 0.4) is 0 Å². The number of nitriles is 1. The number of nitrogens with zero attached hydrogens (tertiary/aromatic N) is 2. The highest BCUT2D eigenvalue weighted by Gasteiger charge is 2.05. The molecule has 0 amide bonds. The van der Waals surface area contributed by atoms with E-state index in [1.807, 2.05) is 12.1 Å². The van der Waals surface area contributed by atoms with Crippen molar-refractivity contribution in [3.63, 3.8) is 0 Å². The number of methoxy groups -OCH3 is 1. The zero-order valence-corrected chi connectivity index (χ0v) is 7.69. The molecular weight excluding hydrogens is 175 g/mol. The third-order valence-electron chi connectivity index (χ3n) is 2.16. The Kier molecular flexibility index (Phi) is 1.93. The first-order valence-corrected chi connectivity index (χ1v) is 4.10. The Morgan fingerprint density at radius 2 is 2.29 bits per heavy atom. The first-order valence-electron chi connectivity index (χ1n) is 4.10. The molecule has 0 aliphatic carbocycles. The second-order valence-corrected chi connectivity index (χ2v) is 2.94. The van der Waals surface area contributed by atoms with Gasteiger partial charge in [-0.15, -0.1) is 0 Å². The molecule has 0 saturated carbocycles. The third kappa shape index (κ3) is 1.14. The normalized spacial score (nSPS) is 10.0. The lowest BCUT2D eigenvalue weighted by molar-refractivity contribution is 0.415. The Morgan fingerprint density at radius 3 is 2.93 bits per heavy atom. The predicted molar refractivity (Wildman–Crippen MR) is 54.4 cm³/mol. The van der Waals surface area contributed by atoms with Crippen molar-refractivity contribution in [1.29, 1.82) is 5.26 Å². The zero-order valence-electron chi connectivity index (χ0n) is 7.69. The number of fused-ring (bicyclic) bond motifs is 1. The van der Waals surface area contributed by atoms with Gasteiger partial charge in [0.05, 0.1) is 12.7 Å². The first kappa shape index (κ1) is 8.70. The van der Waals surface area contributed by atoms with Crippen LogP contribution in [0.2, 0.25) is 0 Å². The Bertz CT molecular complexity index is 525. The van der Waals surface area contributed by atoms with E-state index in [4.69, 9.17) is 18.0 Å². The van der Waals surface area contributed by atoms with Gasteiger partial charge in [0.1, 0.15) is 11.8 Å². The largest absolute Gasteiger partial charge is 0.497 e. The van der Waals surface area contributed by atoms with Crippen LogP contribution in [0, 0.1) is 11.3 Å². The van der Waals surface area contributed by atoms with Gasteiger partial charge in [0.25, 0.3) is 0 Å².